The van der Waals surface area contributed by atoms with E-state index in [1.54, 1.807) is 6.92 Å². The second-order valence-corrected chi connectivity index (χ2v) is 8.14. The van der Waals surface area contributed by atoms with Crippen LogP contribution in [-0.2, 0) is 14.6 Å². The molecule has 2 rings (SSSR count). The van der Waals surface area contributed by atoms with E-state index in [-0.39, 0.29) is 30.1 Å². The molecule has 0 saturated carbocycles. The van der Waals surface area contributed by atoms with E-state index in [0.29, 0.717) is 32.4 Å². The summed E-state index contributed by atoms with van der Waals surface area (Å²) in [6, 6.07) is 0. The van der Waals surface area contributed by atoms with Crippen LogP contribution in [0.4, 0.5) is 0 Å². The molecule has 7 heteroatoms. The zero-order chi connectivity index (χ0) is 14.1. The predicted molar refractivity (Wildman–Crippen MR) is 71.5 cm³/mol. The number of nitrogens with one attached hydrogen (secondary N) is 1. The van der Waals surface area contributed by atoms with Crippen molar-refractivity contribution in [3.05, 3.63) is 0 Å². The van der Waals surface area contributed by atoms with Crippen molar-refractivity contribution in [2.24, 2.45) is 0 Å². The minimum Gasteiger partial charge on any atom is -0.393 e. The molecule has 2 aliphatic heterocycles. The summed E-state index contributed by atoms with van der Waals surface area (Å²) in [5.74, 6) is 0.0560. The fourth-order valence-corrected chi connectivity index (χ4v) is 4.86. The highest BCUT2D eigenvalue weighted by Gasteiger charge is 2.39. The monoisotopic (exact) mass is 290 g/mol. The van der Waals surface area contributed by atoms with Crippen molar-refractivity contribution < 1.29 is 18.3 Å². The molecule has 2 heterocycles. The van der Waals surface area contributed by atoms with Crippen LogP contribution in [0.5, 0.6) is 0 Å². The quantitative estimate of drug-likeness (QED) is 0.706. The molecule has 0 aliphatic carbocycles. The predicted octanol–water partition coefficient (Wildman–Crippen LogP) is -0.863. The van der Waals surface area contributed by atoms with Crippen LogP contribution in [0.2, 0.25) is 0 Å². The van der Waals surface area contributed by atoms with Gasteiger partial charge in [0.05, 0.1) is 29.7 Å². The Morgan fingerprint density at radius 1 is 1.42 bits per heavy atom. The fraction of sp³-hybridized carbons (Fsp3) is 0.917. The Morgan fingerprint density at radius 3 is 2.58 bits per heavy atom. The first-order chi connectivity index (χ1) is 8.78. The van der Waals surface area contributed by atoms with Crippen molar-refractivity contribution in [3.8, 4) is 0 Å². The molecule has 1 amide bonds. The van der Waals surface area contributed by atoms with Crippen molar-refractivity contribution in [2.75, 3.05) is 31.1 Å². The van der Waals surface area contributed by atoms with Gasteiger partial charge in [0.15, 0.2) is 9.84 Å². The summed E-state index contributed by atoms with van der Waals surface area (Å²) in [5.41, 5.74) is -0.620. The molecule has 0 aromatic carbocycles. The van der Waals surface area contributed by atoms with Crippen LogP contribution in [-0.4, -0.2) is 67.1 Å². The standard InChI is InChI=1S/C12H22N2O4S/c1-12(4-7-19(17,18)9-12)13-11(16)8-14-5-2-10(15)3-6-14/h10,15H,2-9H2,1H3,(H,13,16). The Labute approximate surface area is 114 Å². The van der Waals surface area contributed by atoms with Crippen LogP contribution < -0.4 is 5.32 Å². The van der Waals surface area contributed by atoms with Gasteiger partial charge in [-0.3, -0.25) is 9.69 Å². The van der Waals surface area contributed by atoms with E-state index in [4.69, 9.17) is 0 Å². The highest BCUT2D eigenvalue weighted by molar-refractivity contribution is 7.91. The Morgan fingerprint density at radius 2 is 2.05 bits per heavy atom. The molecule has 2 fully saturated rings. The van der Waals surface area contributed by atoms with E-state index < -0.39 is 15.4 Å². The summed E-state index contributed by atoms with van der Waals surface area (Å²) in [6.07, 6.45) is 1.62. The molecule has 2 saturated heterocycles. The number of amides is 1. The zero-order valence-corrected chi connectivity index (χ0v) is 12.1. The van der Waals surface area contributed by atoms with Gasteiger partial charge in [-0.2, -0.15) is 0 Å². The summed E-state index contributed by atoms with van der Waals surface area (Å²) in [5, 5.41) is 12.2. The van der Waals surface area contributed by atoms with Gasteiger partial charge in [0.2, 0.25) is 5.91 Å². The number of hydrogen-bond donors (Lipinski definition) is 2. The highest BCUT2D eigenvalue weighted by Crippen LogP contribution is 2.22. The molecule has 0 bridgehead atoms. The molecule has 1 unspecified atom stereocenters. The molecule has 0 aromatic heterocycles. The topological polar surface area (TPSA) is 86.7 Å². The average Bonchev–Trinajstić information content (AvgIpc) is 2.56. The Balaban J connectivity index is 1.82. The number of nitrogens with zero attached hydrogens (tertiary/aromatic N) is 1. The number of carbonyl (C=O) groups is 1. The van der Waals surface area contributed by atoms with Gasteiger partial charge in [-0.05, 0) is 26.2 Å². The van der Waals surface area contributed by atoms with E-state index in [9.17, 15) is 18.3 Å². The van der Waals surface area contributed by atoms with Crippen molar-refractivity contribution in [2.45, 2.75) is 37.8 Å². The summed E-state index contributed by atoms with van der Waals surface area (Å²) in [6.45, 7) is 3.49. The lowest BCUT2D eigenvalue weighted by molar-refractivity contribution is -0.124. The summed E-state index contributed by atoms with van der Waals surface area (Å²) >= 11 is 0. The normalized spacial score (nSPS) is 32.3. The van der Waals surface area contributed by atoms with Gasteiger partial charge in [0.1, 0.15) is 0 Å². The van der Waals surface area contributed by atoms with Gasteiger partial charge >= 0.3 is 0 Å². The van der Waals surface area contributed by atoms with Crippen LogP contribution in [0.25, 0.3) is 0 Å². The van der Waals surface area contributed by atoms with Crippen LogP contribution in [0.3, 0.4) is 0 Å². The van der Waals surface area contributed by atoms with Crippen LogP contribution in [0.1, 0.15) is 26.2 Å². The average molecular weight is 290 g/mol. The number of carbonyl (C=O) groups excluding carboxylic acids is 1. The first kappa shape index (κ1) is 14.7. The zero-order valence-electron chi connectivity index (χ0n) is 11.3. The molecule has 2 N–H and O–H groups in total. The molecule has 0 radical (unpaired) electrons. The lowest BCUT2D eigenvalue weighted by Gasteiger charge is -2.31. The van der Waals surface area contributed by atoms with Gasteiger partial charge in [-0.1, -0.05) is 0 Å². The molecule has 6 nitrogen and oxygen atoms in total. The largest absolute Gasteiger partial charge is 0.393 e. The molecule has 0 spiro atoms. The number of hydrogen-bond acceptors (Lipinski definition) is 5. The Kier molecular flexibility index (Phi) is 4.17. The number of rotatable bonds is 3. The first-order valence-corrected chi connectivity index (χ1v) is 8.52. The van der Waals surface area contributed by atoms with Gasteiger partial charge in [-0.25, -0.2) is 8.42 Å². The third-order valence-electron chi connectivity index (χ3n) is 3.87. The molecule has 110 valence electrons. The molecular formula is C12H22N2O4S. The molecular weight excluding hydrogens is 268 g/mol. The molecule has 0 aromatic rings. The number of aliphatic hydroxyl groups excluding tert-OH is 1. The van der Waals surface area contributed by atoms with Gasteiger partial charge in [-0.15, -0.1) is 0 Å². The van der Waals surface area contributed by atoms with E-state index in [1.165, 1.54) is 0 Å². The van der Waals surface area contributed by atoms with Gasteiger partial charge < -0.3 is 10.4 Å². The smallest absolute Gasteiger partial charge is 0.234 e. The molecule has 2 aliphatic rings. The third-order valence-corrected chi connectivity index (χ3v) is 5.77. The van der Waals surface area contributed by atoms with Crippen molar-refractivity contribution in [1.82, 2.24) is 10.2 Å². The van der Waals surface area contributed by atoms with Gasteiger partial charge in [0, 0.05) is 13.1 Å². The third kappa shape index (κ3) is 4.15. The van der Waals surface area contributed by atoms with E-state index in [2.05, 4.69) is 5.32 Å². The molecule has 1 atom stereocenters. The summed E-state index contributed by atoms with van der Waals surface area (Å²) in [7, 11) is -3.00. The SMILES string of the molecule is CC1(NC(=O)CN2CCC(O)CC2)CCS(=O)(=O)C1. The van der Waals surface area contributed by atoms with E-state index in [1.807, 2.05) is 4.90 Å². The van der Waals surface area contributed by atoms with Crippen molar-refractivity contribution >= 4 is 15.7 Å². The lowest BCUT2D eigenvalue weighted by Crippen LogP contribution is -2.51. The maximum Gasteiger partial charge on any atom is 0.234 e. The maximum absolute atomic E-state index is 12.0. The second kappa shape index (κ2) is 5.38. The maximum atomic E-state index is 12.0. The van der Waals surface area contributed by atoms with Crippen LogP contribution in [0.15, 0.2) is 0 Å². The molecule has 19 heavy (non-hydrogen) atoms. The van der Waals surface area contributed by atoms with E-state index in [0.717, 1.165) is 0 Å². The minimum absolute atomic E-state index is 0.0322. The Hall–Kier alpha value is -0.660. The number of likely N-dealkylation sites (tertiary alicyclic amines) is 1. The fourth-order valence-electron chi connectivity index (χ4n) is 2.77. The summed E-state index contributed by atoms with van der Waals surface area (Å²) < 4.78 is 22.9. The number of sulfone groups is 1. The van der Waals surface area contributed by atoms with Crippen LogP contribution in [0, 0.1) is 0 Å². The first-order valence-electron chi connectivity index (χ1n) is 6.70. The van der Waals surface area contributed by atoms with Crippen LogP contribution >= 0.6 is 0 Å². The number of piperidine rings is 1. The Bertz CT molecular complexity index is 443. The highest BCUT2D eigenvalue weighted by atomic mass is 32.2. The van der Waals surface area contributed by atoms with E-state index >= 15 is 0 Å². The minimum atomic E-state index is -3.00. The van der Waals surface area contributed by atoms with Crippen molar-refractivity contribution in [1.29, 1.82) is 0 Å². The lowest BCUT2D eigenvalue weighted by atomic mass is 10.0. The van der Waals surface area contributed by atoms with Crippen molar-refractivity contribution in [3.63, 3.8) is 0 Å². The second-order valence-electron chi connectivity index (χ2n) is 5.96. The summed E-state index contributed by atoms with van der Waals surface area (Å²) in [4.78, 5) is 13.9. The number of aliphatic hydroxyl groups is 1. The van der Waals surface area contributed by atoms with Gasteiger partial charge in [0.25, 0.3) is 0 Å².